The Morgan fingerprint density at radius 1 is 1.41 bits per heavy atom. The predicted molar refractivity (Wildman–Crippen MR) is 76.4 cm³/mol. The summed E-state index contributed by atoms with van der Waals surface area (Å²) < 4.78 is 0. The van der Waals surface area contributed by atoms with E-state index in [1.54, 1.807) is 13.1 Å². The molecule has 0 spiro atoms. The largest absolute Gasteiger partial charge is 0.306 e. The molecule has 1 N–H and O–H groups in total. The molecule has 0 bridgehead atoms. The molecule has 0 aliphatic heterocycles. The van der Waals surface area contributed by atoms with E-state index in [1.165, 1.54) is 0 Å². The average molecular weight is 271 g/mol. The number of nitrogens with one attached hydrogen (secondary N) is 1. The van der Waals surface area contributed by atoms with Crippen molar-refractivity contribution in [3.8, 4) is 0 Å². The van der Waals surface area contributed by atoms with E-state index in [1.807, 2.05) is 31.5 Å². The van der Waals surface area contributed by atoms with Gasteiger partial charge in [-0.15, -0.1) is 6.58 Å². The zero-order valence-corrected chi connectivity index (χ0v) is 11.5. The second-order valence-corrected chi connectivity index (χ2v) is 4.54. The molecule has 1 aromatic carbocycles. The van der Waals surface area contributed by atoms with Crippen LogP contribution in [0.2, 0.25) is 10.0 Å². The topological polar surface area (TPSA) is 24.4 Å². The molecule has 4 heteroatoms. The standard InChI is InChI=1S/C13H16Cl2N2/c1-4-7-13(17-3,9-16-2)10-5-6-11(14)12(15)8-10/h4-6,8-9,17H,1,7H2,2-3H3. The van der Waals surface area contributed by atoms with Crippen LogP contribution in [0.4, 0.5) is 0 Å². The summed E-state index contributed by atoms with van der Waals surface area (Å²) in [7, 11) is 3.63. The second kappa shape index (κ2) is 6.20. The first-order valence-corrected chi connectivity index (χ1v) is 6.04. The maximum absolute atomic E-state index is 6.05. The fourth-order valence-electron chi connectivity index (χ4n) is 1.78. The minimum absolute atomic E-state index is 0.384. The zero-order chi connectivity index (χ0) is 12.9. The van der Waals surface area contributed by atoms with E-state index in [0.29, 0.717) is 10.0 Å². The molecule has 0 amide bonds. The van der Waals surface area contributed by atoms with Crippen LogP contribution in [0.5, 0.6) is 0 Å². The number of hydrogen-bond donors (Lipinski definition) is 1. The summed E-state index contributed by atoms with van der Waals surface area (Å²) in [6, 6.07) is 5.58. The van der Waals surface area contributed by atoms with Crippen LogP contribution in [0.15, 0.2) is 35.8 Å². The van der Waals surface area contributed by atoms with Crippen molar-refractivity contribution in [2.75, 3.05) is 14.1 Å². The summed E-state index contributed by atoms with van der Waals surface area (Å²) in [6.45, 7) is 3.78. The second-order valence-electron chi connectivity index (χ2n) is 3.73. The van der Waals surface area contributed by atoms with Crippen molar-refractivity contribution in [3.05, 3.63) is 46.5 Å². The minimum atomic E-state index is -0.384. The van der Waals surface area contributed by atoms with Gasteiger partial charge in [0.25, 0.3) is 0 Å². The molecule has 1 unspecified atom stereocenters. The van der Waals surface area contributed by atoms with Gasteiger partial charge >= 0.3 is 0 Å². The maximum Gasteiger partial charge on any atom is 0.0821 e. The molecule has 0 saturated carbocycles. The van der Waals surface area contributed by atoms with Crippen LogP contribution in [0, 0.1) is 0 Å². The Morgan fingerprint density at radius 3 is 2.59 bits per heavy atom. The quantitative estimate of drug-likeness (QED) is 0.641. The predicted octanol–water partition coefficient (Wildman–Crippen LogP) is 3.68. The fraction of sp³-hybridized carbons (Fsp3) is 0.308. The first-order valence-electron chi connectivity index (χ1n) is 5.28. The number of nitrogens with zero attached hydrogens (tertiary/aromatic N) is 1. The molecule has 1 atom stereocenters. The van der Waals surface area contributed by atoms with Crippen LogP contribution in [-0.4, -0.2) is 20.3 Å². The van der Waals surface area contributed by atoms with Gasteiger partial charge in [-0.3, -0.25) is 4.99 Å². The van der Waals surface area contributed by atoms with Crippen molar-refractivity contribution in [1.29, 1.82) is 0 Å². The molecule has 0 aromatic heterocycles. The third-order valence-electron chi connectivity index (χ3n) is 2.70. The van der Waals surface area contributed by atoms with Crippen LogP contribution in [0.3, 0.4) is 0 Å². The summed E-state index contributed by atoms with van der Waals surface area (Å²) in [4.78, 5) is 4.11. The molecule has 1 rings (SSSR count). The first-order chi connectivity index (χ1) is 8.09. The van der Waals surface area contributed by atoms with Gasteiger partial charge in [0.15, 0.2) is 0 Å². The lowest BCUT2D eigenvalue weighted by Crippen LogP contribution is -2.41. The van der Waals surface area contributed by atoms with Crippen molar-refractivity contribution < 1.29 is 0 Å². The lowest BCUT2D eigenvalue weighted by atomic mass is 9.88. The highest BCUT2D eigenvalue weighted by atomic mass is 35.5. The average Bonchev–Trinajstić information content (AvgIpc) is 2.32. The molecular weight excluding hydrogens is 255 g/mol. The number of rotatable bonds is 5. The Labute approximate surface area is 112 Å². The Morgan fingerprint density at radius 2 is 2.12 bits per heavy atom. The lowest BCUT2D eigenvalue weighted by molar-refractivity contribution is 0.507. The van der Waals surface area contributed by atoms with Gasteiger partial charge in [0.1, 0.15) is 0 Å². The molecule has 0 radical (unpaired) electrons. The van der Waals surface area contributed by atoms with Crippen molar-refractivity contribution in [2.24, 2.45) is 4.99 Å². The van der Waals surface area contributed by atoms with Crippen molar-refractivity contribution in [2.45, 2.75) is 12.0 Å². The highest BCUT2D eigenvalue weighted by Crippen LogP contribution is 2.30. The van der Waals surface area contributed by atoms with E-state index >= 15 is 0 Å². The lowest BCUT2D eigenvalue weighted by Gasteiger charge is -2.29. The number of hydrogen-bond acceptors (Lipinski definition) is 2. The number of halogens is 2. The summed E-state index contributed by atoms with van der Waals surface area (Å²) in [5, 5.41) is 4.35. The van der Waals surface area contributed by atoms with Crippen molar-refractivity contribution >= 4 is 29.4 Å². The molecule has 17 heavy (non-hydrogen) atoms. The van der Waals surface area contributed by atoms with Gasteiger partial charge in [-0.2, -0.15) is 0 Å². The van der Waals surface area contributed by atoms with Gasteiger partial charge in [-0.1, -0.05) is 35.3 Å². The summed E-state index contributed by atoms with van der Waals surface area (Å²) in [5.74, 6) is 0. The molecule has 0 saturated heterocycles. The molecule has 0 fully saturated rings. The van der Waals surface area contributed by atoms with E-state index in [-0.39, 0.29) is 5.54 Å². The van der Waals surface area contributed by atoms with E-state index in [0.717, 1.165) is 12.0 Å². The van der Waals surface area contributed by atoms with E-state index in [4.69, 9.17) is 23.2 Å². The Hall–Kier alpha value is -0.830. The van der Waals surface area contributed by atoms with Gasteiger partial charge in [0, 0.05) is 13.3 Å². The normalized spacial score (nSPS) is 14.8. The maximum atomic E-state index is 6.05. The third-order valence-corrected chi connectivity index (χ3v) is 3.44. The van der Waals surface area contributed by atoms with Gasteiger partial charge in [0.2, 0.25) is 0 Å². The zero-order valence-electron chi connectivity index (χ0n) is 10.0. The highest BCUT2D eigenvalue weighted by molar-refractivity contribution is 6.42. The third kappa shape index (κ3) is 3.09. The van der Waals surface area contributed by atoms with Crippen LogP contribution >= 0.6 is 23.2 Å². The van der Waals surface area contributed by atoms with Gasteiger partial charge in [0.05, 0.1) is 15.6 Å². The molecule has 1 aromatic rings. The van der Waals surface area contributed by atoms with Gasteiger partial charge in [-0.05, 0) is 31.2 Å². The Bertz CT molecular complexity index is 429. The fourth-order valence-corrected chi connectivity index (χ4v) is 2.08. The highest BCUT2D eigenvalue weighted by Gasteiger charge is 2.27. The van der Waals surface area contributed by atoms with Crippen molar-refractivity contribution in [3.63, 3.8) is 0 Å². The molecule has 0 aliphatic rings. The SMILES string of the molecule is C=CCC(C=NC)(NC)c1ccc(Cl)c(Cl)c1. The number of benzene rings is 1. The molecule has 0 aliphatic carbocycles. The molecule has 0 heterocycles. The first kappa shape index (κ1) is 14.2. The Kier molecular flexibility index (Phi) is 5.19. The smallest absolute Gasteiger partial charge is 0.0821 e. The number of aliphatic imine (C=N–C) groups is 1. The van der Waals surface area contributed by atoms with Gasteiger partial charge in [-0.25, -0.2) is 0 Å². The summed E-state index contributed by atoms with van der Waals surface area (Å²) >= 11 is 12.0. The van der Waals surface area contributed by atoms with E-state index in [2.05, 4.69) is 16.9 Å². The van der Waals surface area contributed by atoms with Gasteiger partial charge < -0.3 is 5.32 Å². The minimum Gasteiger partial charge on any atom is -0.306 e. The van der Waals surface area contributed by atoms with Crippen LogP contribution in [-0.2, 0) is 5.54 Å². The van der Waals surface area contributed by atoms with Crippen LogP contribution in [0.25, 0.3) is 0 Å². The summed E-state index contributed by atoms with van der Waals surface area (Å²) in [6.07, 6.45) is 4.42. The Balaban J connectivity index is 3.29. The molecule has 2 nitrogen and oxygen atoms in total. The van der Waals surface area contributed by atoms with Crippen molar-refractivity contribution in [1.82, 2.24) is 5.32 Å². The molecular formula is C13H16Cl2N2. The summed E-state index contributed by atoms with van der Waals surface area (Å²) in [5.41, 5.74) is 0.630. The van der Waals surface area contributed by atoms with Crippen LogP contribution in [0.1, 0.15) is 12.0 Å². The van der Waals surface area contributed by atoms with Crippen LogP contribution < -0.4 is 5.32 Å². The van der Waals surface area contributed by atoms with E-state index < -0.39 is 0 Å². The molecule has 92 valence electrons. The monoisotopic (exact) mass is 270 g/mol. The van der Waals surface area contributed by atoms with E-state index in [9.17, 15) is 0 Å².